The van der Waals surface area contributed by atoms with Crippen molar-refractivity contribution >= 4 is 18.2 Å². The minimum Gasteiger partial charge on any atom is -0.450 e. The van der Waals surface area contributed by atoms with Gasteiger partial charge >= 0.3 is 35.2 Å². The first-order chi connectivity index (χ1) is 19.7. The predicted octanol–water partition coefficient (Wildman–Crippen LogP) is 0.936. The van der Waals surface area contributed by atoms with E-state index in [1.807, 2.05) is 0 Å². The molecule has 1 aromatic rings. The molecule has 15 heteroatoms. The van der Waals surface area contributed by atoms with E-state index in [0.717, 1.165) is 71.5 Å². The van der Waals surface area contributed by atoms with Crippen molar-refractivity contribution in [2.24, 2.45) is 11.5 Å². The number of primary amides is 2. The van der Waals surface area contributed by atoms with Crippen molar-refractivity contribution in [2.45, 2.75) is 104 Å². The molecule has 1 heterocycles. The fraction of sp³-hybridized carbons (Fsp3) is 0.769. The minimum absolute atomic E-state index is 0.194. The lowest BCUT2D eigenvalue weighted by atomic mass is 10.2. The number of nitrogens with two attached hydrogens (primary N) is 2. The maximum atomic E-state index is 13.2. The van der Waals surface area contributed by atoms with Crippen LogP contribution in [0.15, 0.2) is 14.4 Å². The van der Waals surface area contributed by atoms with Gasteiger partial charge in [-0.1, -0.05) is 38.5 Å². The van der Waals surface area contributed by atoms with E-state index in [9.17, 15) is 28.8 Å². The molecule has 234 valence electrons. The van der Waals surface area contributed by atoms with E-state index in [0.29, 0.717) is 45.5 Å². The number of carbonyl (C=O) groups excluding carboxylic acids is 3. The molecular weight excluding hydrogens is 536 g/mol. The van der Waals surface area contributed by atoms with E-state index in [-0.39, 0.29) is 19.6 Å². The van der Waals surface area contributed by atoms with Crippen molar-refractivity contribution in [2.75, 3.05) is 26.2 Å². The topological polar surface area (TPSA) is 215 Å². The van der Waals surface area contributed by atoms with Gasteiger partial charge in [-0.3, -0.25) is 0 Å². The van der Waals surface area contributed by atoms with E-state index < -0.39 is 35.2 Å². The summed E-state index contributed by atoms with van der Waals surface area (Å²) in [6.45, 7) is 4.03. The highest BCUT2D eigenvalue weighted by Crippen LogP contribution is 2.03. The zero-order valence-corrected chi connectivity index (χ0v) is 24.3. The van der Waals surface area contributed by atoms with Crippen molar-refractivity contribution in [1.82, 2.24) is 29.7 Å². The molecule has 0 aliphatic rings. The molecule has 1 rings (SSSR count). The molecule has 0 aromatic carbocycles. The summed E-state index contributed by atoms with van der Waals surface area (Å²) in [4.78, 5) is 72.3. The molecule has 5 amide bonds. The van der Waals surface area contributed by atoms with Crippen LogP contribution in [-0.4, -0.2) is 58.1 Å². The van der Waals surface area contributed by atoms with Crippen LogP contribution in [0.4, 0.5) is 14.4 Å². The van der Waals surface area contributed by atoms with Gasteiger partial charge in [0.1, 0.15) is 0 Å². The number of unbranched alkanes of at least 4 members (excludes halogenated alkanes) is 9. The number of hydrogen-bond donors (Lipinski definition) is 5. The highest BCUT2D eigenvalue weighted by Gasteiger charge is 2.15. The zero-order chi connectivity index (χ0) is 30.5. The number of amides is 5. The molecular formula is C26H48N8O7. The Morgan fingerprint density at radius 3 is 1.20 bits per heavy atom. The molecule has 0 atom stereocenters. The Morgan fingerprint density at radius 1 is 0.561 bits per heavy atom. The third-order valence-corrected chi connectivity index (χ3v) is 6.45. The molecule has 0 bridgehead atoms. The second kappa shape index (κ2) is 21.0. The molecule has 41 heavy (non-hydrogen) atoms. The van der Waals surface area contributed by atoms with Crippen LogP contribution in [-0.2, 0) is 24.4 Å². The van der Waals surface area contributed by atoms with E-state index in [1.165, 1.54) is 0 Å². The maximum Gasteiger partial charge on any atom is 0.407 e. The molecule has 0 spiro atoms. The van der Waals surface area contributed by atoms with Gasteiger partial charge in [-0.05, 0) is 45.4 Å². The molecule has 0 saturated carbocycles. The number of nitrogens with zero attached hydrogens (tertiary/aromatic N) is 3. The molecule has 0 unspecified atom stereocenters. The smallest absolute Gasteiger partial charge is 0.407 e. The number of carbonyl (C=O) groups is 3. The van der Waals surface area contributed by atoms with Crippen molar-refractivity contribution in [3.05, 3.63) is 31.5 Å². The fourth-order valence-electron chi connectivity index (χ4n) is 4.30. The summed E-state index contributed by atoms with van der Waals surface area (Å²) in [5, 5.41) is 7.70. The Kier molecular flexibility index (Phi) is 18.1. The highest BCUT2D eigenvalue weighted by molar-refractivity contribution is 5.71. The lowest BCUT2D eigenvalue weighted by Crippen LogP contribution is -2.54. The van der Waals surface area contributed by atoms with E-state index in [1.54, 1.807) is 6.92 Å². The Balaban J connectivity index is 2.78. The predicted molar refractivity (Wildman–Crippen MR) is 155 cm³/mol. The van der Waals surface area contributed by atoms with Gasteiger partial charge in [0.05, 0.1) is 6.61 Å². The first kappa shape index (κ1) is 35.2. The molecule has 0 radical (unpaired) electrons. The van der Waals surface area contributed by atoms with Crippen molar-refractivity contribution in [3.63, 3.8) is 0 Å². The largest absolute Gasteiger partial charge is 0.450 e. The Hall–Kier alpha value is -3.78. The molecule has 7 N–H and O–H groups in total. The Labute approximate surface area is 240 Å². The van der Waals surface area contributed by atoms with Gasteiger partial charge in [0, 0.05) is 39.3 Å². The fourth-order valence-corrected chi connectivity index (χ4v) is 4.30. The molecule has 0 aliphatic heterocycles. The number of aromatic nitrogens is 3. The number of rotatable bonds is 22. The molecule has 1 aromatic heterocycles. The van der Waals surface area contributed by atoms with Crippen LogP contribution in [0.3, 0.4) is 0 Å². The summed E-state index contributed by atoms with van der Waals surface area (Å²) in [5.41, 5.74) is 8.29. The lowest BCUT2D eigenvalue weighted by molar-refractivity contribution is 0.152. The molecule has 0 saturated heterocycles. The average Bonchev–Trinajstić information content (AvgIpc) is 2.91. The standard InChI is InChI=1S/C26H48N8O7/c1-2-41-23(37)31-17-11-5-8-14-20-34-25(39)32(18-12-6-3-9-15-29-21(27)35)24(38)33(26(34)40)19-13-7-4-10-16-30-22(28)36/h2-20H2,1H3,(H,31,37)(H3,27,29,35)(H3,28,30,36). The van der Waals surface area contributed by atoms with Gasteiger partial charge < -0.3 is 32.2 Å². The highest BCUT2D eigenvalue weighted by atomic mass is 16.5. The number of alkyl carbamates (subject to hydrolysis) is 1. The van der Waals surface area contributed by atoms with Crippen molar-refractivity contribution in [1.29, 1.82) is 0 Å². The van der Waals surface area contributed by atoms with Crippen molar-refractivity contribution < 1.29 is 19.1 Å². The lowest BCUT2D eigenvalue weighted by Gasteiger charge is -2.14. The van der Waals surface area contributed by atoms with Gasteiger partial charge in [0.2, 0.25) is 0 Å². The number of nitrogens with one attached hydrogen (secondary N) is 3. The van der Waals surface area contributed by atoms with Crippen LogP contribution >= 0.6 is 0 Å². The molecule has 0 aliphatic carbocycles. The van der Waals surface area contributed by atoms with Crippen LogP contribution in [0.1, 0.15) is 84.0 Å². The summed E-state index contributed by atoms with van der Waals surface area (Å²) in [5.74, 6) is 0. The Morgan fingerprint density at radius 2 is 0.878 bits per heavy atom. The average molecular weight is 585 g/mol. The first-order valence-corrected chi connectivity index (χ1v) is 14.6. The van der Waals surface area contributed by atoms with Crippen LogP contribution in [0.25, 0.3) is 0 Å². The number of hydrogen-bond acceptors (Lipinski definition) is 7. The SMILES string of the molecule is CCOC(=O)NCCCCCCn1c(=O)n(CCCCCCNC(N)=O)c(=O)n(CCCCCCNC(N)=O)c1=O. The summed E-state index contributed by atoms with van der Waals surface area (Å²) in [6, 6.07) is -1.15. The van der Waals surface area contributed by atoms with Gasteiger partial charge in [0.25, 0.3) is 0 Å². The third-order valence-electron chi connectivity index (χ3n) is 6.45. The zero-order valence-electron chi connectivity index (χ0n) is 24.3. The first-order valence-electron chi connectivity index (χ1n) is 14.6. The number of ether oxygens (including phenoxy) is 1. The van der Waals surface area contributed by atoms with Gasteiger partial charge in [-0.2, -0.15) is 0 Å². The molecule has 15 nitrogen and oxygen atoms in total. The van der Waals surface area contributed by atoms with Crippen LogP contribution in [0.2, 0.25) is 0 Å². The summed E-state index contributed by atoms with van der Waals surface area (Å²) >= 11 is 0. The van der Waals surface area contributed by atoms with E-state index >= 15 is 0 Å². The second-order valence-electron chi connectivity index (χ2n) is 9.77. The van der Waals surface area contributed by atoms with E-state index in [2.05, 4.69) is 16.0 Å². The van der Waals surface area contributed by atoms with Gasteiger partial charge in [-0.15, -0.1) is 0 Å². The third kappa shape index (κ3) is 15.0. The van der Waals surface area contributed by atoms with Crippen LogP contribution in [0.5, 0.6) is 0 Å². The summed E-state index contributed by atoms with van der Waals surface area (Å²) in [6.07, 6.45) is 8.07. The number of urea groups is 2. The second-order valence-corrected chi connectivity index (χ2v) is 9.77. The maximum absolute atomic E-state index is 13.2. The van der Waals surface area contributed by atoms with Crippen LogP contribution < -0.4 is 44.5 Å². The quantitative estimate of drug-likeness (QED) is 0.124. The minimum atomic E-state index is -0.605. The molecule has 0 fully saturated rings. The summed E-state index contributed by atoms with van der Waals surface area (Å²) < 4.78 is 8.24. The Bertz CT molecular complexity index is 1050. The van der Waals surface area contributed by atoms with Gasteiger partial charge in [0.15, 0.2) is 0 Å². The normalized spacial score (nSPS) is 10.8. The monoisotopic (exact) mass is 584 g/mol. The summed E-state index contributed by atoms with van der Waals surface area (Å²) in [7, 11) is 0. The van der Waals surface area contributed by atoms with Gasteiger partial charge in [-0.25, -0.2) is 42.5 Å². The van der Waals surface area contributed by atoms with E-state index in [4.69, 9.17) is 16.2 Å². The van der Waals surface area contributed by atoms with Crippen LogP contribution in [0, 0.1) is 0 Å². The van der Waals surface area contributed by atoms with Crippen molar-refractivity contribution in [3.8, 4) is 0 Å².